The van der Waals surface area contributed by atoms with Crippen LogP contribution in [0.5, 0.6) is 0 Å². The molecule has 0 heterocycles. The predicted molar refractivity (Wildman–Crippen MR) is 34.9 cm³/mol. The van der Waals surface area contributed by atoms with Crippen LogP contribution in [0.4, 0.5) is 0 Å². The minimum Gasteiger partial charge on any atom is -0.385 e. The van der Waals surface area contributed by atoms with E-state index in [2.05, 4.69) is 12.2 Å². The molecule has 7 heavy (non-hydrogen) atoms. The van der Waals surface area contributed by atoms with E-state index in [4.69, 9.17) is 5.73 Å². The largest absolute Gasteiger partial charge is 0.385 e. The molecule has 0 amide bonds. The normalized spacial score (nSPS) is 7.00. The molecule has 0 aliphatic heterocycles. The summed E-state index contributed by atoms with van der Waals surface area (Å²) in [7, 11) is 0. The van der Waals surface area contributed by atoms with Crippen molar-refractivity contribution in [3.8, 4) is 0 Å². The second-order valence-corrected chi connectivity index (χ2v) is 2.76. The Bertz CT molecular complexity index is 56.9. The summed E-state index contributed by atoms with van der Waals surface area (Å²) < 4.78 is 0.539. The molecule has 0 saturated carbocycles. The van der Waals surface area contributed by atoms with Crippen molar-refractivity contribution in [2.75, 3.05) is 5.75 Å². The van der Waals surface area contributed by atoms with Crippen LogP contribution in [-0.4, -0.2) is 10.1 Å². The molecule has 0 radical (unpaired) electrons. The molecule has 2 N–H and O–H groups in total. The summed E-state index contributed by atoms with van der Waals surface area (Å²) in [5, 5.41) is 0. The van der Waals surface area contributed by atoms with Crippen LogP contribution >= 0.6 is 24.0 Å². The number of hydrogen-bond donors (Lipinski definition) is 1. The first-order valence-corrected chi connectivity index (χ1v) is 3.09. The Morgan fingerprint density at radius 2 is 2.29 bits per heavy atom. The summed E-state index contributed by atoms with van der Waals surface area (Å²) in [5.41, 5.74) is 5.10. The van der Waals surface area contributed by atoms with Crippen molar-refractivity contribution >= 4 is 28.3 Å². The van der Waals surface area contributed by atoms with E-state index in [1.807, 2.05) is 6.92 Å². The fourth-order valence-electron chi connectivity index (χ4n) is 0.142. The van der Waals surface area contributed by atoms with E-state index in [9.17, 15) is 0 Å². The van der Waals surface area contributed by atoms with E-state index in [0.717, 1.165) is 5.75 Å². The summed E-state index contributed by atoms with van der Waals surface area (Å²) >= 11 is 6.03. The van der Waals surface area contributed by atoms with Gasteiger partial charge < -0.3 is 5.73 Å². The summed E-state index contributed by atoms with van der Waals surface area (Å²) in [6, 6.07) is 0. The Morgan fingerprint density at radius 3 is 2.29 bits per heavy atom. The number of thioether (sulfide) groups is 1. The second kappa shape index (κ2) is 6.93. The molecule has 0 aromatic carbocycles. The van der Waals surface area contributed by atoms with Crippen molar-refractivity contribution in [2.24, 2.45) is 5.73 Å². The monoisotopic (exact) mass is 219 g/mol. The molecule has 0 aliphatic carbocycles. The summed E-state index contributed by atoms with van der Waals surface area (Å²) in [4.78, 5) is 0. The maximum absolute atomic E-state index is 5.10. The van der Waals surface area contributed by atoms with Crippen LogP contribution in [0, 0.1) is 0 Å². The van der Waals surface area contributed by atoms with Gasteiger partial charge in [0.2, 0.25) is 0 Å². The molecule has 0 unspecified atom stereocenters. The Kier molecular flexibility index (Phi) is 10.7. The van der Waals surface area contributed by atoms with Crippen molar-refractivity contribution in [1.29, 1.82) is 0 Å². The molecule has 0 aromatic rings. The number of nitrogens with two attached hydrogens (primary N) is 1. The van der Waals surface area contributed by atoms with Gasteiger partial charge in [0, 0.05) is 21.1 Å². The van der Waals surface area contributed by atoms with E-state index in [-0.39, 0.29) is 21.1 Å². The number of hydrogen-bond acceptors (Lipinski definition) is 2. The van der Waals surface area contributed by atoms with Crippen molar-refractivity contribution in [3.63, 3.8) is 0 Å². The third-order valence-electron chi connectivity index (χ3n) is 0.287. The third-order valence-corrected chi connectivity index (χ3v) is 1.21. The molecule has 0 fully saturated rings. The minimum atomic E-state index is 0. The Morgan fingerprint density at radius 1 is 1.86 bits per heavy atom. The van der Waals surface area contributed by atoms with Crippen LogP contribution in [0.1, 0.15) is 6.92 Å². The molecule has 0 atom stereocenters. The van der Waals surface area contributed by atoms with E-state index < -0.39 is 0 Å². The van der Waals surface area contributed by atoms with E-state index in [1.54, 1.807) is 0 Å². The average molecular weight is 217 g/mol. The van der Waals surface area contributed by atoms with Crippen molar-refractivity contribution in [1.82, 2.24) is 0 Å². The van der Waals surface area contributed by atoms with Gasteiger partial charge in [-0.3, -0.25) is 0 Å². The van der Waals surface area contributed by atoms with Crippen LogP contribution in [0.15, 0.2) is 0 Å². The average Bonchev–Trinajstić information content (AvgIpc) is 1.35. The number of rotatable bonds is 1. The summed E-state index contributed by atoms with van der Waals surface area (Å²) in [6.07, 6.45) is 0. The summed E-state index contributed by atoms with van der Waals surface area (Å²) in [6.45, 7) is 2.02. The van der Waals surface area contributed by atoms with Crippen LogP contribution in [-0.2, 0) is 21.1 Å². The van der Waals surface area contributed by atoms with Crippen molar-refractivity contribution in [3.05, 3.63) is 0 Å². The van der Waals surface area contributed by atoms with Gasteiger partial charge in [0.1, 0.15) is 4.32 Å². The molecule has 0 bridgehead atoms. The fraction of sp³-hybridized carbons (Fsp3) is 0.667. The molecule has 0 spiro atoms. The zero-order chi connectivity index (χ0) is 4.99. The van der Waals surface area contributed by atoms with Gasteiger partial charge in [-0.05, 0) is 5.75 Å². The Balaban J connectivity index is 0. The van der Waals surface area contributed by atoms with Gasteiger partial charge in [-0.2, -0.15) is 0 Å². The first kappa shape index (κ1) is 10.8. The first-order chi connectivity index (χ1) is 2.77. The molecule has 0 aliphatic rings. The second-order valence-electron chi connectivity index (χ2n) is 0.752. The van der Waals surface area contributed by atoms with Crippen LogP contribution in [0.3, 0.4) is 0 Å². The molecule has 0 aromatic heterocycles. The van der Waals surface area contributed by atoms with Gasteiger partial charge in [-0.25, -0.2) is 0 Å². The molecular formula is C3H7MoNS2. The SMILES string of the molecule is CCSC(N)=S.[Mo]. The van der Waals surface area contributed by atoms with Gasteiger partial charge in [0.25, 0.3) is 0 Å². The van der Waals surface area contributed by atoms with Gasteiger partial charge in [-0.1, -0.05) is 30.9 Å². The van der Waals surface area contributed by atoms with Gasteiger partial charge >= 0.3 is 0 Å². The molecule has 0 rings (SSSR count). The predicted octanol–water partition coefficient (Wildman–Crippen LogP) is 0.981. The van der Waals surface area contributed by atoms with Crippen molar-refractivity contribution in [2.45, 2.75) is 6.92 Å². The maximum Gasteiger partial charge on any atom is 0.131 e. The zero-order valence-electron chi connectivity index (χ0n) is 4.01. The standard InChI is InChI=1S/C3H7NS2.Mo/c1-2-6-3(4)5;/h2H2,1H3,(H2,4,5);. The Hall–Kier alpha value is 0.928. The van der Waals surface area contributed by atoms with E-state index >= 15 is 0 Å². The molecule has 0 saturated heterocycles. The van der Waals surface area contributed by atoms with Crippen molar-refractivity contribution < 1.29 is 21.1 Å². The molecule has 1 nitrogen and oxygen atoms in total. The van der Waals surface area contributed by atoms with E-state index in [0.29, 0.717) is 4.32 Å². The minimum absolute atomic E-state index is 0. The van der Waals surface area contributed by atoms with Crippen LogP contribution in [0.2, 0.25) is 0 Å². The van der Waals surface area contributed by atoms with Gasteiger partial charge in [0.15, 0.2) is 0 Å². The first-order valence-electron chi connectivity index (χ1n) is 1.69. The van der Waals surface area contributed by atoms with Gasteiger partial charge in [0.05, 0.1) is 0 Å². The molecule has 4 heteroatoms. The smallest absolute Gasteiger partial charge is 0.131 e. The maximum atomic E-state index is 5.10. The summed E-state index contributed by atoms with van der Waals surface area (Å²) in [5.74, 6) is 0.981. The molecule has 42 valence electrons. The quantitative estimate of drug-likeness (QED) is 0.523. The van der Waals surface area contributed by atoms with Crippen LogP contribution < -0.4 is 5.73 Å². The third kappa shape index (κ3) is 10.9. The van der Waals surface area contributed by atoms with E-state index in [1.165, 1.54) is 11.8 Å². The Labute approximate surface area is 67.7 Å². The fourth-order valence-corrected chi connectivity index (χ4v) is 0.780. The number of thiocarbonyl (C=S) groups is 1. The topological polar surface area (TPSA) is 26.0 Å². The van der Waals surface area contributed by atoms with Gasteiger partial charge in [-0.15, -0.1) is 0 Å². The molecular weight excluding hydrogens is 210 g/mol. The van der Waals surface area contributed by atoms with Crippen LogP contribution in [0.25, 0.3) is 0 Å². The zero-order valence-corrected chi connectivity index (χ0v) is 7.65.